The Bertz CT molecular complexity index is 985. The summed E-state index contributed by atoms with van der Waals surface area (Å²) in [4.78, 5) is 3.73. The molecular formula is C20H22FN6O2+. The molecule has 0 bridgehead atoms. The molecule has 2 aromatic carbocycles. The van der Waals surface area contributed by atoms with Gasteiger partial charge in [-0.25, -0.2) is 9.07 Å². The molecule has 1 aromatic heterocycles. The highest BCUT2D eigenvalue weighted by Crippen LogP contribution is 2.32. The lowest BCUT2D eigenvalue weighted by Gasteiger charge is -2.33. The first kappa shape index (κ1) is 17.9. The van der Waals surface area contributed by atoms with Crippen molar-refractivity contribution in [1.29, 1.82) is 0 Å². The van der Waals surface area contributed by atoms with Crippen molar-refractivity contribution in [3.8, 4) is 11.5 Å². The fourth-order valence-corrected chi connectivity index (χ4v) is 3.82. The van der Waals surface area contributed by atoms with E-state index in [4.69, 9.17) is 9.47 Å². The fourth-order valence-electron chi connectivity index (χ4n) is 3.82. The Kier molecular flexibility index (Phi) is 4.73. The van der Waals surface area contributed by atoms with Crippen LogP contribution in [0.5, 0.6) is 11.5 Å². The summed E-state index contributed by atoms with van der Waals surface area (Å²) >= 11 is 0. The summed E-state index contributed by atoms with van der Waals surface area (Å²) in [6, 6.07) is 12.6. The van der Waals surface area contributed by atoms with Crippen LogP contribution in [0.25, 0.3) is 0 Å². The number of fused-ring (bicyclic) bond motifs is 1. The molecule has 0 spiro atoms. The maximum absolute atomic E-state index is 13.1. The summed E-state index contributed by atoms with van der Waals surface area (Å²) in [5.74, 6) is 2.20. The first-order chi connectivity index (χ1) is 14.2. The van der Waals surface area contributed by atoms with E-state index in [1.165, 1.54) is 17.0 Å². The molecule has 2 aliphatic heterocycles. The van der Waals surface area contributed by atoms with Crippen molar-refractivity contribution in [2.75, 3.05) is 37.9 Å². The van der Waals surface area contributed by atoms with Gasteiger partial charge in [-0.3, -0.25) is 0 Å². The van der Waals surface area contributed by atoms with E-state index in [9.17, 15) is 4.39 Å². The second kappa shape index (κ2) is 7.67. The molecular weight excluding hydrogens is 375 g/mol. The Morgan fingerprint density at radius 2 is 1.79 bits per heavy atom. The standard InChI is InChI=1S/C20H21FN6O2/c21-16-2-4-17(5-3-16)26-9-7-25(8-10-26)13-20-22-23-24-27(20)12-15-1-6-18-19(11-15)29-14-28-18/h1-6,11H,7-10,12-14H2/p+1. The minimum Gasteiger partial charge on any atom is -0.454 e. The van der Waals surface area contributed by atoms with Gasteiger partial charge in [0, 0.05) is 5.69 Å². The zero-order valence-corrected chi connectivity index (χ0v) is 15.9. The minimum absolute atomic E-state index is 0.202. The Balaban J connectivity index is 1.20. The van der Waals surface area contributed by atoms with Gasteiger partial charge in [0.05, 0.1) is 32.7 Å². The Labute approximate surface area is 167 Å². The molecule has 9 heteroatoms. The zero-order valence-electron chi connectivity index (χ0n) is 15.9. The van der Waals surface area contributed by atoms with Crippen molar-refractivity contribution in [3.63, 3.8) is 0 Å². The molecule has 3 aromatic rings. The monoisotopic (exact) mass is 397 g/mol. The Morgan fingerprint density at radius 3 is 2.62 bits per heavy atom. The molecule has 3 heterocycles. The maximum Gasteiger partial charge on any atom is 0.231 e. The van der Waals surface area contributed by atoms with Crippen LogP contribution in [-0.2, 0) is 13.1 Å². The number of halogens is 1. The fraction of sp³-hybridized carbons (Fsp3) is 0.350. The number of quaternary nitrogens is 1. The molecule has 0 radical (unpaired) electrons. The zero-order chi connectivity index (χ0) is 19.6. The summed E-state index contributed by atoms with van der Waals surface area (Å²) in [7, 11) is 0. The average Bonchev–Trinajstić information content (AvgIpc) is 3.38. The topological polar surface area (TPSA) is 69.7 Å². The molecule has 8 nitrogen and oxygen atoms in total. The number of nitrogens with one attached hydrogen (secondary N) is 1. The minimum atomic E-state index is -0.202. The predicted octanol–water partition coefficient (Wildman–Crippen LogP) is 0.494. The average molecular weight is 397 g/mol. The van der Waals surface area contributed by atoms with Crippen LogP contribution in [-0.4, -0.2) is 53.2 Å². The van der Waals surface area contributed by atoms with E-state index in [2.05, 4.69) is 20.4 Å². The predicted molar refractivity (Wildman–Crippen MR) is 102 cm³/mol. The number of rotatable bonds is 5. The van der Waals surface area contributed by atoms with Crippen molar-refractivity contribution in [2.24, 2.45) is 0 Å². The first-order valence-electron chi connectivity index (χ1n) is 9.72. The highest BCUT2D eigenvalue weighted by atomic mass is 19.1. The van der Waals surface area contributed by atoms with Crippen LogP contribution in [0.2, 0.25) is 0 Å². The van der Waals surface area contributed by atoms with Crippen LogP contribution in [0.1, 0.15) is 11.4 Å². The molecule has 0 atom stereocenters. The van der Waals surface area contributed by atoms with Crippen LogP contribution < -0.4 is 19.3 Å². The summed E-state index contributed by atoms with van der Waals surface area (Å²) in [5, 5.41) is 12.3. The van der Waals surface area contributed by atoms with E-state index in [0.717, 1.165) is 61.3 Å². The molecule has 0 unspecified atom stereocenters. The van der Waals surface area contributed by atoms with Crippen molar-refractivity contribution < 1.29 is 18.8 Å². The van der Waals surface area contributed by atoms with Gasteiger partial charge >= 0.3 is 0 Å². The molecule has 0 amide bonds. The van der Waals surface area contributed by atoms with Crippen molar-refractivity contribution in [3.05, 3.63) is 59.7 Å². The first-order valence-corrected chi connectivity index (χ1v) is 9.72. The van der Waals surface area contributed by atoms with Gasteiger partial charge in [0.15, 0.2) is 11.5 Å². The van der Waals surface area contributed by atoms with Crippen LogP contribution >= 0.6 is 0 Å². The van der Waals surface area contributed by atoms with Gasteiger partial charge < -0.3 is 19.3 Å². The van der Waals surface area contributed by atoms with E-state index in [1.54, 1.807) is 0 Å². The van der Waals surface area contributed by atoms with E-state index in [1.807, 2.05) is 35.0 Å². The van der Waals surface area contributed by atoms with E-state index >= 15 is 0 Å². The van der Waals surface area contributed by atoms with Gasteiger partial charge in [0.2, 0.25) is 12.6 Å². The molecule has 1 saturated heterocycles. The number of anilines is 1. The summed E-state index contributed by atoms with van der Waals surface area (Å²) in [6.07, 6.45) is 0. The van der Waals surface area contributed by atoms with Crippen molar-refractivity contribution >= 4 is 5.69 Å². The van der Waals surface area contributed by atoms with Crippen molar-refractivity contribution in [2.45, 2.75) is 13.1 Å². The largest absolute Gasteiger partial charge is 0.454 e. The summed E-state index contributed by atoms with van der Waals surface area (Å²) in [6.45, 7) is 5.43. The summed E-state index contributed by atoms with van der Waals surface area (Å²) in [5.41, 5.74) is 2.14. The van der Waals surface area contributed by atoms with E-state index in [-0.39, 0.29) is 12.6 Å². The molecule has 0 aliphatic carbocycles. The second-order valence-electron chi connectivity index (χ2n) is 7.33. The highest BCUT2D eigenvalue weighted by molar-refractivity contribution is 5.46. The van der Waals surface area contributed by atoms with Crippen LogP contribution in [0.3, 0.4) is 0 Å². The SMILES string of the molecule is Fc1ccc(N2CC[NH+](Cc3nnnn3Cc3ccc4c(c3)OCO4)CC2)cc1. The number of tetrazole rings is 1. The number of hydrogen-bond donors (Lipinski definition) is 1. The highest BCUT2D eigenvalue weighted by Gasteiger charge is 2.23. The summed E-state index contributed by atoms with van der Waals surface area (Å²) < 4.78 is 25.8. The molecule has 1 fully saturated rings. The van der Waals surface area contributed by atoms with Gasteiger partial charge in [0.1, 0.15) is 12.4 Å². The number of hydrogen-bond acceptors (Lipinski definition) is 6. The molecule has 0 saturated carbocycles. The molecule has 150 valence electrons. The third kappa shape index (κ3) is 3.86. The Hall–Kier alpha value is -3.20. The lowest BCUT2D eigenvalue weighted by Crippen LogP contribution is -3.13. The van der Waals surface area contributed by atoms with Gasteiger partial charge in [-0.15, -0.1) is 5.10 Å². The normalized spacial score (nSPS) is 16.4. The number of aromatic nitrogens is 4. The van der Waals surface area contributed by atoms with Gasteiger partial charge in [-0.05, 0) is 52.4 Å². The quantitative estimate of drug-likeness (QED) is 0.676. The van der Waals surface area contributed by atoms with E-state index < -0.39 is 0 Å². The molecule has 29 heavy (non-hydrogen) atoms. The van der Waals surface area contributed by atoms with Gasteiger partial charge in [-0.1, -0.05) is 6.07 Å². The second-order valence-corrected chi connectivity index (χ2v) is 7.33. The smallest absolute Gasteiger partial charge is 0.231 e. The Morgan fingerprint density at radius 1 is 1.00 bits per heavy atom. The van der Waals surface area contributed by atoms with Crippen molar-refractivity contribution in [1.82, 2.24) is 20.2 Å². The van der Waals surface area contributed by atoms with Crippen LogP contribution in [0.15, 0.2) is 42.5 Å². The molecule has 2 aliphatic rings. The molecule has 1 N–H and O–H groups in total. The number of benzene rings is 2. The van der Waals surface area contributed by atoms with Crippen LogP contribution in [0, 0.1) is 5.82 Å². The third-order valence-electron chi connectivity index (χ3n) is 5.45. The number of nitrogens with zero attached hydrogens (tertiary/aromatic N) is 5. The lowest BCUT2D eigenvalue weighted by atomic mass is 10.2. The number of ether oxygens (including phenoxy) is 2. The third-order valence-corrected chi connectivity index (χ3v) is 5.45. The number of piperazine rings is 1. The van der Waals surface area contributed by atoms with Crippen LogP contribution in [0.4, 0.5) is 10.1 Å². The van der Waals surface area contributed by atoms with Gasteiger partial charge in [-0.2, -0.15) is 0 Å². The van der Waals surface area contributed by atoms with Gasteiger partial charge in [0.25, 0.3) is 0 Å². The maximum atomic E-state index is 13.1. The molecule has 5 rings (SSSR count). The van der Waals surface area contributed by atoms with E-state index in [0.29, 0.717) is 6.54 Å². The lowest BCUT2D eigenvalue weighted by molar-refractivity contribution is -0.915.